The molecule has 0 amide bonds. The first-order valence-electron chi connectivity index (χ1n) is 8.43. The van der Waals surface area contributed by atoms with Crippen LogP contribution in [0.4, 0.5) is 5.69 Å². The van der Waals surface area contributed by atoms with Crippen LogP contribution in [0.25, 0.3) is 0 Å². The molecule has 0 heterocycles. The minimum Gasteiger partial charge on any atom is -0.469 e. The van der Waals surface area contributed by atoms with E-state index in [9.17, 15) is 9.59 Å². The summed E-state index contributed by atoms with van der Waals surface area (Å²) < 4.78 is 7.80. The van der Waals surface area contributed by atoms with Gasteiger partial charge in [-0.25, -0.2) is 0 Å². The van der Waals surface area contributed by atoms with Crippen LogP contribution in [0.15, 0.2) is 19.2 Å². The van der Waals surface area contributed by atoms with Crippen LogP contribution in [0, 0.1) is 13.8 Å². The summed E-state index contributed by atoms with van der Waals surface area (Å²) in [4.78, 5) is 22.5. The number of ether oxygens (including phenoxy) is 1. The van der Waals surface area contributed by atoms with E-state index < -0.39 is 0 Å². The Morgan fingerprint density at radius 2 is 1.65 bits per heavy atom. The summed E-state index contributed by atoms with van der Waals surface area (Å²) in [5.41, 5.74) is 4.10. The number of aliphatic hydroxyl groups is 1. The number of benzene rings is 1. The maximum absolute atomic E-state index is 11.4. The molecule has 0 aliphatic rings. The molecule has 0 aliphatic heterocycles. The molecule has 0 aliphatic carbocycles. The molecule has 0 atom stereocenters. The Hall–Kier alpha value is -1.79. The van der Waals surface area contributed by atoms with Crippen LogP contribution in [-0.2, 0) is 16.0 Å². The highest BCUT2D eigenvalue weighted by Crippen LogP contribution is 2.27. The van der Waals surface area contributed by atoms with E-state index in [1.165, 1.54) is 19.1 Å². The van der Waals surface area contributed by atoms with Crippen LogP contribution in [0.1, 0.15) is 54.7 Å². The number of anilines is 1. The number of carbonyl (C=O) groups excluding carboxylic acids is 2. The Morgan fingerprint density at radius 3 is 2.00 bits per heavy atom. The van der Waals surface area contributed by atoms with E-state index in [2.05, 4.69) is 22.6 Å². The lowest BCUT2D eigenvalue weighted by molar-refractivity contribution is -0.139. The molecular weight excluding hydrogens is 350 g/mol. The largest absolute Gasteiger partial charge is 0.469 e. The van der Waals surface area contributed by atoms with Gasteiger partial charge in [0.25, 0.3) is 0 Å². The molecule has 1 aromatic rings. The molecule has 0 radical (unpaired) electrons. The number of carbonyl (C=O) groups is 2. The maximum atomic E-state index is 11.4. The van der Waals surface area contributed by atoms with Gasteiger partial charge in [0.2, 0.25) is 0 Å². The molecule has 5 nitrogen and oxygen atoms in total. The normalized spacial score (nSPS) is 7.77. The predicted octanol–water partition coefficient (Wildman–Crippen LogP) is 4.98. The number of methoxy groups -OCH3 is 1. The molecule has 1 aromatic carbocycles. The van der Waals surface area contributed by atoms with Gasteiger partial charge in [-0.3, -0.25) is 9.59 Å². The smallest absolute Gasteiger partial charge is 0.309 e. The van der Waals surface area contributed by atoms with Gasteiger partial charge in [0, 0.05) is 24.6 Å². The Labute approximate surface area is 164 Å². The van der Waals surface area contributed by atoms with Crippen molar-refractivity contribution in [1.82, 2.24) is 0 Å². The van der Waals surface area contributed by atoms with Crippen LogP contribution in [0.3, 0.4) is 0 Å². The van der Waals surface area contributed by atoms with E-state index in [4.69, 9.17) is 5.11 Å². The molecule has 0 spiro atoms. The second-order valence-corrected chi connectivity index (χ2v) is 4.53. The average molecular weight is 388 g/mol. The molecule has 0 bridgehead atoms. The number of hydrogen-bond donors (Lipinski definition) is 2. The molecule has 26 heavy (non-hydrogen) atoms. The summed E-state index contributed by atoms with van der Waals surface area (Å²) in [6, 6.07) is 1.80. The Bertz CT molecular complexity index is 491. The van der Waals surface area contributed by atoms with Crippen molar-refractivity contribution in [3.8, 4) is 0 Å². The van der Waals surface area contributed by atoms with Gasteiger partial charge in [0.15, 0.2) is 0 Å². The molecule has 2 N–H and O–H groups in total. The first-order chi connectivity index (χ1) is 12.5. The van der Waals surface area contributed by atoms with Crippen LogP contribution < -0.4 is 4.72 Å². The molecule has 0 saturated heterocycles. The fourth-order valence-electron chi connectivity index (χ4n) is 1.81. The highest BCUT2D eigenvalue weighted by molar-refractivity contribution is 7.99. The summed E-state index contributed by atoms with van der Waals surface area (Å²) >= 11 is 1.45. The first-order valence-corrected chi connectivity index (χ1v) is 9.66. The van der Waals surface area contributed by atoms with Gasteiger partial charge in [0.05, 0.1) is 13.5 Å². The molecule has 0 unspecified atom stereocenters. The topological polar surface area (TPSA) is 75.6 Å². The molecule has 6 heteroatoms. The lowest BCUT2D eigenvalue weighted by Crippen LogP contribution is -2.10. The van der Waals surface area contributed by atoms with E-state index in [0.29, 0.717) is 5.56 Å². The number of aldehydes is 1. The van der Waals surface area contributed by atoms with Crippen LogP contribution in [0.5, 0.6) is 0 Å². The van der Waals surface area contributed by atoms with Crippen molar-refractivity contribution < 1.29 is 19.4 Å². The summed E-state index contributed by atoms with van der Waals surface area (Å²) in [5.74, 6) is -0.306. The number of aliphatic hydroxyl groups excluding tert-OH is 1. The van der Waals surface area contributed by atoms with Gasteiger partial charge in [-0.2, -0.15) is 0 Å². The second-order valence-electron chi connectivity index (χ2n) is 3.92. The summed E-state index contributed by atoms with van der Waals surface area (Å²) in [6.45, 7) is 17.8. The standard InChI is InChI=1S/C13H17NO3S.2C2H6.C2H4.CH4O/c1-8-10(7-15)5-12(14-18-4)9(2)11(8)6-13(16)17-3;4*1-2/h5,7,14H,6H2,1-4H3;2*1-2H3;1-2H2;2H,1H3. The lowest BCUT2D eigenvalue weighted by atomic mass is 9.94. The van der Waals surface area contributed by atoms with E-state index in [-0.39, 0.29) is 12.4 Å². The number of rotatable bonds is 5. The summed E-state index contributed by atoms with van der Waals surface area (Å²) in [6.07, 6.45) is 2.89. The Balaban J connectivity index is -0.000000266. The van der Waals surface area contributed by atoms with Gasteiger partial charge in [-0.1, -0.05) is 39.6 Å². The zero-order chi connectivity index (χ0) is 21.7. The van der Waals surface area contributed by atoms with Crippen molar-refractivity contribution in [2.75, 3.05) is 25.2 Å². The number of nitrogens with one attached hydrogen (secondary N) is 1. The minimum atomic E-state index is -0.306. The van der Waals surface area contributed by atoms with Crippen molar-refractivity contribution in [1.29, 1.82) is 0 Å². The lowest BCUT2D eigenvalue weighted by Gasteiger charge is -2.16. The van der Waals surface area contributed by atoms with Gasteiger partial charge in [-0.15, -0.1) is 13.2 Å². The average Bonchev–Trinajstić information content (AvgIpc) is 2.73. The Morgan fingerprint density at radius 1 is 1.19 bits per heavy atom. The van der Waals surface area contributed by atoms with Crippen molar-refractivity contribution in [3.63, 3.8) is 0 Å². The third-order valence-corrected chi connectivity index (χ3v) is 3.35. The van der Waals surface area contributed by atoms with E-state index in [1.54, 1.807) is 6.07 Å². The summed E-state index contributed by atoms with van der Waals surface area (Å²) in [7, 11) is 2.36. The summed E-state index contributed by atoms with van der Waals surface area (Å²) in [5, 5.41) is 7.00. The second kappa shape index (κ2) is 23.2. The zero-order valence-electron chi connectivity index (χ0n) is 17.9. The van der Waals surface area contributed by atoms with Gasteiger partial charge in [-0.05, 0) is 36.6 Å². The van der Waals surface area contributed by atoms with Crippen molar-refractivity contribution in [2.45, 2.75) is 48.0 Å². The van der Waals surface area contributed by atoms with Crippen LogP contribution in [-0.4, -0.2) is 37.8 Å². The van der Waals surface area contributed by atoms with Gasteiger partial charge >= 0.3 is 5.97 Å². The van der Waals surface area contributed by atoms with Crippen molar-refractivity contribution >= 4 is 29.9 Å². The molecular formula is C20H37NO4S. The highest BCUT2D eigenvalue weighted by Gasteiger charge is 2.15. The predicted molar refractivity (Wildman–Crippen MR) is 116 cm³/mol. The van der Waals surface area contributed by atoms with Crippen molar-refractivity contribution in [2.24, 2.45) is 0 Å². The zero-order valence-corrected chi connectivity index (χ0v) is 18.7. The molecule has 1 rings (SSSR count). The maximum Gasteiger partial charge on any atom is 0.309 e. The highest BCUT2D eigenvalue weighted by atomic mass is 32.2. The van der Waals surface area contributed by atoms with E-state index in [1.807, 2.05) is 47.8 Å². The molecule has 0 saturated carbocycles. The van der Waals surface area contributed by atoms with Crippen LogP contribution >= 0.6 is 11.9 Å². The quantitative estimate of drug-likeness (QED) is 0.321. The van der Waals surface area contributed by atoms with E-state index in [0.717, 1.165) is 35.8 Å². The third-order valence-electron chi connectivity index (χ3n) is 2.93. The Kier molecular flexibility index (Phi) is 28.5. The fraction of sp³-hybridized carbons (Fsp3) is 0.500. The number of esters is 1. The third kappa shape index (κ3) is 11.7. The van der Waals surface area contributed by atoms with E-state index >= 15 is 0 Å². The van der Waals surface area contributed by atoms with Crippen molar-refractivity contribution in [3.05, 3.63) is 41.5 Å². The minimum absolute atomic E-state index is 0.179. The monoisotopic (exact) mass is 387 g/mol. The van der Waals surface area contributed by atoms with Gasteiger partial charge in [0.1, 0.15) is 6.29 Å². The first kappa shape index (κ1) is 31.9. The fourth-order valence-corrected chi connectivity index (χ4v) is 2.24. The van der Waals surface area contributed by atoms with Gasteiger partial charge < -0.3 is 14.6 Å². The SMILES string of the molecule is C=C.CC.CC.CO.COC(=O)Cc1c(C)c(C=O)cc(NSC)c1C. The molecule has 152 valence electrons. The molecule has 0 fully saturated rings. The van der Waals surface area contributed by atoms with Crippen LogP contribution in [0.2, 0.25) is 0 Å². The molecule has 0 aromatic heterocycles. The number of hydrogen-bond acceptors (Lipinski definition) is 6.